The molecule has 2 rings (SSSR count). The molecule has 0 radical (unpaired) electrons. The van der Waals surface area contributed by atoms with Crippen LogP contribution in [0.25, 0.3) is 0 Å². The van der Waals surface area contributed by atoms with E-state index in [-0.39, 0.29) is 5.54 Å². The van der Waals surface area contributed by atoms with Crippen molar-refractivity contribution in [1.82, 2.24) is 20.1 Å². The zero-order valence-electron chi connectivity index (χ0n) is 13.7. The second kappa shape index (κ2) is 6.43. The molecule has 2 aromatic heterocycles. The molecule has 0 aliphatic heterocycles. The molecule has 0 unspecified atom stereocenters. The van der Waals surface area contributed by atoms with E-state index in [0.29, 0.717) is 6.54 Å². The Morgan fingerprint density at radius 2 is 2.00 bits per heavy atom. The van der Waals surface area contributed by atoms with Crippen LogP contribution < -0.4 is 5.32 Å². The minimum Gasteiger partial charge on any atom is -0.468 e. The second-order valence-corrected chi connectivity index (χ2v) is 6.28. The minimum atomic E-state index is 0.0707. The molecule has 0 saturated carbocycles. The van der Waals surface area contributed by atoms with Crippen molar-refractivity contribution in [1.29, 1.82) is 0 Å². The number of furan rings is 1. The third-order valence-corrected chi connectivity index (χ3v) is 3.36. The van der Waals surface area contributed by atoms with Gasteiger partial charge in [0, 0.05) is 23.9 Å². The number of aromatic nitrogens is 3. The van der Waals surface area contributed by atoms with Gasteiger partial charge in [-0.25, -0.2) is 9.67 Å². The Morgan fingerprint density at radius 3 is 2.62 bits per heavy atom. The minimum absolute atomic E-state index is 0.0707. The molecule has 2 aromatic rings. The molecule has 1 N–H and O–H groups in total. The third-order valence-electron chi connectivity index (χ3n) is 3.36. The van der Waals surface area contributed by atoms with E-state index in [2.05, 4.69) is 50.0 Å². The Morgan fingerprint density at radius 1 is 1.24 bits per heavy atom. The van der Waals surface area contributed by atoms with Crippen molar-refractivity contribution < 1.29 is 4.42 Å². The number of nitrogens with zero attached hydrogens (tertiary/aromatic N) is 3. The van der Waals surface area contributed by atoms with E-state index in [9.17, 15) is 0 Å². The van der Waals surface area contributed by atoms with E-state index in [1.165, 1.54) is 0 Å². The van der Waals surface area contributed by atoms with Crippen LogP contribution in [0.15, 0.2) is 16.7 Å². The fraction of sp³-hybridized carbons (Fsp3) is 0.625. The summed E-state index contributed by atoms with van der Waals surface area (Å²) in [4.78, 5) is 4.55. The van der Waals surface area contributed by atoms with Gasteiger partial charge in [-0.2, -0.15) is 5.10 Å². The van der Waals surface area contributed by atoms with Gasteiger partial charge in [0.15, 0.2) is 5.82 Å². The summed E-state index contributed by atoms with van der Waals surface area (Å²) >= 11 is 0. The van der Waals surface area contributed by atoms with Crippen LogP contribution in [0, 0.1) is 0 Å². The summed E-state index contributed by atoms with van der Waals surface area (Å²) in [7, 11) is 0. The second-order valence-electron chi connectivity index (χ2n) is 6.28. The summed E-state index contributed by atoms with van der Waals surface area (Å²) < 4.78 is 7.61. The maximum absolute atomic E-state index is 5.61. The van der Waals surface area contributed by atoms with Crippen molar-refractivity contribution in [3.8, 4) is 0 Å². The van der Waals surface area contributed by atoms with Gasteiger partial charge in [0.2, 0.25) is 0 Å². The van der Waals surface area contributed by atoms with Crippen LogP contribution in [0.3, 0.4) is 0 Å². The number of rotatable bonds is 6. The van der Waals surface area contributed by atoms with Gasteiger partial charge in [0.05, 0.1) is 19.4 Å². The molecule has 0 spiro atoms. The molecular weight excluding hydrogens is 264 g/mol. The van der Waals surface area contributed by atoms with Crippen LogP contribution in [0.4, 0.5) is 0 Å². The van der Waals surface area contributed by atoms with E-state index >= 15 is 0 Å². The molecule has 0 fully saturated rings. The number of hydrogen-bond acceptors (Lipinski definition) is 4. The van der Waals surface area contributed by atoms with Gasteiger partial charge in [-0.05, 0) is 26.8 Å². The number of aryl methyl sites for hydroxylation is 2. The van der Waals surface area contributed by atoms with E-state index < -0.39 is 0 Å². The van der Waals surface area contributed by atoms with Crippen LogP contribution in [-0.2, 0) is 25.9 Å². The lowest BCUT2D eigenvalue weighted by Gasteiger charge is -2.20. The molecule has 116 valence electrons. The predicted molar refractivity (Wildman–Crippen MR) is 83.2 cm³/mol. The average molecular weight is 290 g/mol. The first-order chi connectivity index (χ1) is 9.93. The van der Waals surface area contributed by atoms with Gasteiger partial charge < -0.3 is 9.73 Å². The van der Waals surface area contributed by atoms with Crippen LogP contribution in [0.5, 0.6) is 0 Å². The standard InChI is InChI=1S/C16H26N4O/c1-6-14-18-15(7-2)20(19-14)11-12-8-9-21-13(12)10-17-16(3,4)5/h8-9,17H,6-7,10-11H2,1-5H3. The molecule has 0 aliphatic rings. The fourth-order valence-corrected chi connectivity index (χ4v) is 2.13. The van der Waals surface area contributed by atoms with Crippen LogP contribution >= 0.6 is 0 Å². The van der Waals surface area contributed by atoms with E-state index in [1.54, 1.807) is 6.26 Å². The number of nitrogens with one attached hydrogen (secondary N) is 1. The fourth-order valence-electron chi connectivity index (χ4n) is 2.13. The Labute approximate surface area is 126 Å². The van der Waals surface area contributed by atoms with Crippen LogP contribution in [-0.4, -0.2) is 20.3 Å². The Bertz CT molecular complexity index is 577. The average Bonchev–Trinajstić information content (AvgIpc) is 3.02. The summed E-state index contributed by atoms with van der Waals surface area (Å²) in [6, 6.07) is 2.02. The van der Waals surface area contributed by atoms with Crippen molar-refractivity contribution in [2.45, 2.75) is 66.1 Å². The lowest BCUT2D eigenvalue weighted by molar-refractivity contribution is 0.385. The molecule has 5 heteroatoms. The molecule has 0 saturated heterocycles. The van der Waals surface area contributed by atoms with E-state index in [1.807, 2.05) is 10.7 Å². The van der Waals surface area contributed by atoms with Crippen molar-refractivity contribution >= 4 is 0 Å². The lowest BCUT2D eigenvalue weighted by atomic mass is 10.1. The van der Waals surface area contributed by atoms with Gasteiger partial charge in [-0.3, -0.25) is 0 Å². The maximum atomic E-state index is 5.61. The first-order valence-electron chi connectivity index (χ1n) is 7.65. The first kappa shape index (κ1) is 15.8. The van der Waals surface area contributed by atoms with Crippen molar-refractivity contribution in [3.05, 3.63) is 35.3 Å². The highest BCUT2D eigenvalue weighted by Gasteiger charge is 2.14. The summed E-state index contributed by atoms with van der Waals surface area (Å²) in [5, 5.41) is 8.02. The predicted octanol–water partition coefficient (Wildman–Crippen LogP) is 2.93. The highest BCUT2D eigenvalue weighted by Crippen LogP contribution is 2.15. The topological polar surface area (TPSA) is 55.9 Å². The van der Waals surface area contributed by atoms with Gasteiger partial charge in [-0.1, -0.05) is 13.8 Å². The van der Waals surface area contributed by atoms with Gasteiger partial charge in [-0.15, -0.1) is 0 Å². The van der Waals surface area contributed by atoms with E-state index in [0.717, 1.165) is 42.4 Å². The normalized spacial score (nSPS) is 12.0. The van der Waals surface area contributed by atoms with Crippen molar-refractivity contribution in [3.63, 3.8) is 0 Å². The van der Waals surface area contributed by atoms with Gasteiger partial charge >= 0.3 is 0 Å². The summed E-state index contributed by atoms with van der Waals surface area (Å²) in [6.45, 7) is 12.1. The maximum Gasteiger partial charge on any atom is 0.150 e. The molecule has 0 amide bonds. The molecule has 21 heavy (non-hydrogen) atoms. The third kappa shape index (κ3) is 4.17. The molecular formula is C16H26N4O. The zero-order chi connectivity index (χ0) is 15.5. The van der Waals surface area contributed by atoms with Gasteiger partial charge in [0.1, 0.15) is 11.6 Å². The van der Waals surface area contributed by atoms with Crippen LogP contribution in [0.2, 0.25) is 0 Å². The Hall–Kier alpha value is -1.62. The molecule has 2 heterocycles. The first-order valence-corrected chi connectivity index (χ1v) is 7.65. The molecule has 0 bridgehead atoms. The molecule has 0 aromatic carbocycles. The lowest BCUT2D eigenvalue weighted by Crippen LogP contribution is -2.35. The van der Waals surface area contributed by atoms with Crippen molar-refractivity contribution in [2.24, 2.45) is 0 Å². The van der Waals surface area contributed by atoms with Crippen LogP contribution in [0.1, 0.15) is 57.6 Å². The van der Waals surface area contributed by atoms with Crippen molar-refractivity contribution in [2.75, 3.05) is 0 Å². The largest absolute Gasteiger partial charge is 0.468 e. The zero-order valence-corrected chi connectivity index (χ0v) is 13.7. The summed E-state index contributed by atoms with van der Waals surface area (Å²) in [5.41, 5.74) is 1.23. The highest BCUT2D eigenvalue weighted by atomic mass is 16.3. The highest BCUT2D eigenvalue weighted by molar-refractivity contribution is 5.18. The van der Waals surface area contributed by atoms with E-state index in [4.69, 9.17) is 4.42 Å². The quantitative estimate of drug-likeness (QED) is 0.888. The van der Waals surface area contributed by atoms with Gasteiger partial charge in [0.25, 0.3) is 0 Å². The molecule has 0 atom stereocenters. The molecule has 5 nitrogen and oxygen atoms in total. The summed E-state index contributed by atoms with van der Waals surface area (Å²) in [5.74, 6) is 2.91. The monoisotopic (exact) mass is 290 g/mol. The Kier molecular flexibility index (Phi) is 4.83. The Balaban J connectivity index is 2.13. The number of hydrogen-bond donors (Lipinski definition) is 1. The molecule has 0 aliphatic carbocycles. The SMILES string of the molecule is CCc1nc(CC)n(Cc2ccoc2CNC(C)(C)C)n1. The summed E-state index contributed by atoms with van der Waals surface area (Å²) in [6.07, 6.45) is 3.50. The smallest absolute Gasteiger partial charge is 0.150 e.